The van der Waals surface area contributed by atoms with Crippen molar-refractivity contribution in [2.75, 3.05) is 6.61 Å². The van der Waals surface area contributed by atoms with E-state index < -0.39 is 0 Å². The van der Waals surface area contributed by atoms with Crippen molar-refractivity contribution in [3.63, 3.8) is 0 Å². The largest absolute Gasteiger partial charge is 0.462 e. The van der Waals surface area contributed by atoms with Gasteiger partial charge >= 0.3 is 5.97 Å². The molecule has 0 N–H and O–H groups in total. The number of hydrogen-bond acceptors (Lipinski definition) is 2. The molecular weight excluding hydrogens is 344 g/mol. The Balaban J connectivity index is 1.90. The average molecular weight is 387 g/mol. The third-order valence-corrected chi connectivity index (χ3v) is 5.34. The lowest BCUT2D eigenvalue weighted by Gasteiger charge is -2.06. The molecule has 0 aliphatic heterocycles. The first kappa shape index (κ1) is 24.5. The summed E-state index contributed by atoms with van der Waals surface area (Å²) in [6, 6.07) is 7.48. The molecule has 1 aromatic carbocycles. The van der Waals surface area contributed by atoms with E-state index >= 15 is 0 Å². The molecule has 0 spiro atoms. The van der Waals surface area contributed by atoms with Gasteiger partial charge in [0.1, 0.15) is 0 Å². The van der Waals surface area contributed by atoms with Crippen molar-refractivity contribution in [2.45, 2.75) is 104 Å². The Bertz CT molecular complexity index is 530. The van der Waals surface area contributed by atoms with Crippen LogP contribution < -0.4 is 0 Å². The number of carbonyl (C=O) groups is 1. The zero-order valence-corrected chi connectivity index (χ0v) is 18.4. The number of allylic oxidation sites excluding steroid dienone is 1. The number of benzene rings is 1. The van der Waals surface area contributed by atoms with Gasteiger partial charge in [0.15, 0.2) is 0 Å². The van der Waals surface area contributed by atoms with E-state index in [1.54, 1.807) is 0 Å². The van der Waals surface area contributed by atoms with Gasteiger partial charge in [-0.3, -0.25) is 0 Å². The molecule has 0 atom stereocenters. The van der Waals surface area contributed by atoms with Crippen LogP contribution >= 0.6 is 0 Å². The molecule has 0 saturated carbocycles. The standard InChI is InChI=1S/C26H42O2/c1-4-5-6-7-8-9-10-11-12-13-14-15-16-17-22-28-26(27)25-20-18-24(19-21-25)23(2)3/h18-21H,2,4-17,22H2,1,3H3. The van der Waals surface area contributed by atoms with Crippen LogP contribution in [-0.2, 0) is 4.74 Å². The Hall–Kier alpha value is -1.57. The Morgan fingerprint density at radius 1 is 0.714 bits per heavy atom. The number of unbranched alkanes of at least 4 members (excludes halogenated alkanes) is 13. The van der Waals surface area contributed by atoms with Gasteiger partial charge < -0.3 is 4.74 Å². The highest BCUT2D eigenvalue weighted by molar-refractivity contribution is 5.89. The number of ether oxygens (including phenoxy) is 1. The number of carbonyl (C=O) groups excluding carboxylic acids is 1. The molecule has 1 rings (SSSR count). The second-order valence-electron chi connectivity index (χ2n) is 8.09. The van der Waals surface area contributed by atoms with Gasteiger partial charge in [-0.05, 0) is 31.0 Å². The molecular formula is C26H42O2. The van der Waals surface area contributed by atoms with Crippen molar-refractivity contribution in [3.8, 4) is 0 Å². The zero-order valence-electron chi connectivity index (χ0n) is 18.4. The summed E-state index contributed by atoms with van der Waals surface area (Å²) in [6.45, 7) is 8.67. The summed E-state index contributed by atoms with van der Waals surface area (Å²) in [4.78, 5) is 12.0. The predicted octanol–water partition coefficient (Wildman–Crippen LogP) is 8.36. The van der Waals surface area contributed by atoms with E-state index in [9.17, 15) is 4.79 Å². The van der Waals surface area contributed by atoms with Gasteiger partial charge in [0.2, 0.25) is 0 Å². The van der Waals surface area contributed by atoms with Crippen LogP contribution in [0.25, 0.3) is 5.57 Å². The highest BCUT2D eigenvalue weighted by atomic mass is 16.5. The predicted molar refractivity (Wildman–Crippen MR) is 122 cm³/mol. The van der Waals surface area contributed by atoms with Crippen molar-refractivity contribution in [1.29, 1.82) is 0 Å². The fourth-order valence-electron chi connectivity index (χ4n) is 3.44. The van der Waals surface area contributed by atoms with Crippen LogP contribution in [0.4, 0.5) is 0 Å². The van der Waals surface area contributed by atoms with Crippen LogP contribution in [0.3, 0.4) is 0 Å². The van der Waals surface area contributed by atoms with Crippen molar-refractivity contribution in [2.24, 2.45) is 0 Å². The summed E-state index contributed by atoms with van der Waals surface area (Å²) in [5.41, 5.74) is 2.68. The third-order valence-electron chi connectivity index (χ3n) is 5.34. The SMILES string of the molecule is C=C(C)c1ccc(C(=O)OCCCCCCCCCCCCCCCC)cc1. The second kappa shape index (κ2) is 16.4. The van der Waals surface area contributed by atoms with E-state index in [1.807, 2.05) is 31.2 Å². The van der Waals surface area contributed by atoms with Gasteiger partial charge in [-0.2, -0.15) is 0 Å². The smallest absolute Gasteiger partial charge is 0.338 e. The number of hydrogen-bond donors (Lipinski definition) is 0. The molecule has 0 aromatic heterocycles. The van der Waals surface area contributed by atoms with Gasteiger partial charge in [0.05, 0.1) is 12.2 Å². The minimum Gasteiger partial charge on any atom is -0.462 e. The molecule has 0 amide bonds. The molecule has 0 unspecified atom stereocenters. The van der Waals surface area contributed by atoms with E-state index in [0.717, 1.165) is 24.0 Å². The number of rotatable bonds is 17. The van der Waals surface area contributed by atoms with E-state index in [0.29, 0.717) is 12.2 Å². The van der Waals surface area contributed by atoms with E-state index in [4.69, 9.17) is 4.74 Å². The van der Waals surface area contributed by atoms with Gasteiger partial charge in [0.25, 0.3) is 0 Å². The Kier molecular flexibility index (Phi) is 14.3. The molecule has 158 valence electrons. The lowest BCUT2D eigenvalue weighted by molar-refractivity contribution is 0.0497. The van der Waals surface area contributed by atoms with Crippen molar-refractivity contribution in [1.82, 2.24) is 0 Å². The zero-order chi connectivity index (χ0) is 20.5. The molecule has 0 bridgehead atoms. The maximum atomic E-state index is 12.0. The first-order valence-electron chi connectivity index (χ1n) is 11.6. The molecule has 2 nitrogen and oxygen atoms in total. The second-order valence-corrected chi connectivity index (χ2v) is 8.09. The van der Waals surface area contributed by atoms with Crippen LogP contribution in [0, 0.1) is 0 Å². The molecule has 28 heavy (non-hydrogen) atoms. The number of esters is 1. The molecule has 0 aliphatic carbocycles. The monoisotopic (exact) mass is 386 g/mol. The summed E-state index contributed by atoms with van der Waals surface area (Å²) in [5.74, 6) is -0.219. The summed E-state index contributed by atoms with van der Waals surface area (Å²) in [7, 11) is 0. The quantitative estimate of drug-likeness (QED) is 0.198. The Morgan fingerprint density at radius 3 is 1.54 bits per heavy atom. The first-order valence-corrected chi connectivity index (χ1v) is 11.6. The molecule has 1 aromatic rings. The van der Waals surface area contributed by atoms with Gasteiger partial charge in [-0.1, -0.05) is 115 Å². The summed E-state index contributed by atoms with van der Waals surface area (Å²) in [5, 5.41) is 0. The topological polar surface area (TPSA) is 26.3 Å². The summed E-state index contributed by atoms with van der Waals surface area (Å²) >= 11 is 0. The Morgan fingerprint density at radius 2 is 1.11 bits per heavy atom. The fraction of sp³-hybridized carbons (Fsp3) is 0.654. The maximum absolute atomic E-state index is 12.0. The highest BCUT2D eigenvalue weighted by Crippen LogP contribution is 2.14. The van der Waals surface area contributed by atoms with Crippen LogP contribution in [0.2, 0.25) is 0 Å². The average Bonchev–Trinajstić information content (AvgIpc) is 2.70. The van der Waals surface area contributed by atoms with Gasteiger partial charge in [0, 0.05) is 0 Å². The van der Waals surface area contributed by atoms with Crippen LogP contribution in [0.1, 0.15) is 120 Å². The first-order chi connectivity index (χ1) is 13.6. The minimum atomic E-state index is -0.219. The van der Waals surface area contributed by atoms with Gasteiger partial charge in [-0.15, -0.1) is 0 Å². The summed E-state index contributed by atoms with van der Waals surface area (Å²) < 4.78 is 5.37. The van der Waals surface area contributed by atoms with Crippen molar-refractivity contribution in [3.05, 3.63) is 42.0 Å². The third kappa shape index (κ3) is 12.0. The molecule has 2 heteroatoms. The van der Waals surface area contributed by atoms with Crippen LogP contribution in [0.15, 0.2) is 30.8 Å². The highest BCUT2D eigenvalue weighted by Gasteiger charge is 2.06. The van der Waals surface area contributed by atoms with E-state index in [1.165, 1.54) is 77.0 Å². The maximum Gasteiger partial charge on any atom is 0.338 e. The molecule has 0 aliphatic rings. The van der Waals surface area contributed by atoms with E-state index in [-0.39, 0.29) is 5.97 Å². The fourth-order valence-corrected chi connectivity index (χ4v) is 3.44. The normalized spacial score (nSPS) is 10.8. The van der Waals surface area contributed by atoms with Crippen LogP contribution in [-0.4, -0.2) is 12.6 Å². The van der Waals surface area contributed by atoms with Crippen molar-refractivity contribution < 1.29 is 9.53 Å². The van der Waals surface area contributed by atoms with E-state index in [2.05, 4.69) is 13.5 Å². The minimum absolute atomic E-state index is 0.219. The lowest BCUT2D eigenvalue weighted by atomic mass is 10.0. The van der Waals surface area contributed by atoms with Gasteiger partial charge in [-0.25, -0.2) is 4.79 Å². The molecule has 0 radical (unpaired) electrons. The lowest BCUT2D eigenvalue weighted by Crippen LogP contribution is -2.06. The van der Waals surface area contributed by atoms with Crippen LogP contribution in [0.5, 0.6) is 0 Å². The van der Waals surface area contributed by atoms with Crippen molar-refractivity contribution >= 4 is 11.5 Å². The molecule has 0 fully saturated rings. The molecule has 0 heterocycles. The Labute approximate surface area is 173 Å². The molecule has 0 saturated heterocycles. The summed E-state index contributed by atoms with van der Waals surface area (Å²) in [6.07, 6.45) is 18.7.